The number of aryl methyl sites for hydroxylation is 1. The zero-order chi connectivity index (χ0) is 14.5. The molecule has 20 heavy (non-hydrogen) atoms. The predicted molar refractivity (Wildman–Crippen MR) is 87.8 cm³/mol. The quantitative estimate of drug-likeness (QED) is 0.893. The zero-order valence-electron chi connectivity index (χ0n) is 12.5. The normalized spacial score (nSPS) is 22.4. The number of carbonyl (C=O) groups is 1. The minimum Gasteiger partial charge on any atom is -0.387 e. The van der Waals surface area contributed by atoms with Crippen molar-refractivity contribution < 1.29 is 4.79 Å². The van der Waals surface area contributed by atoms with E-state index in [-0.39, 0.29) is 5.91 Å². The Morgan fingerprint density at radius 1 is 1.25 bits per heavy atom. The van der Waals surface area contributed by atoms with E-state index in [1.165, 1.54) is 12.8 Å². The first-order valence-electron chi connectivity index (χ1n) is 7.26. The Bertz CT molecular complexity index is 468. The summed E-state index contributed by atoms with van der Waals surface area (Å²) < 4.78 is 0. The van der Waals surface area contributed by atoms with Crippen molar-refractivity contribution in [1.29, 1.82) is 0 Å². The second kappa shape index (κ2) is 7.02. The Kier molecular flexibility index (Phi) is 5.35. The number of nitrogens with one attached hydrogen (secondary N) is 2. The Morgan fingerprint density at radius 2 is 1.95 bits per heavy atom. The summed E-state index contributed by atoms with van der Waals surface area (Å²) in [5, 5.41) is 7.07. The van der Waals surface area contributed by atoms with Crippen LogP contribution in [0.3, 0.4) is 0 Å². The van der Waals surface area contributed by atoms with Crippen molar-refractivity contribution in [3.63, 3.8) is 0 Å². The second-order valence-corrected chi connectivity index (χ2v) is 6.62. The van der Waals surface area contributed by atoms with Gasteiger partial charge >= 0.3 is 0 Å². The van der Waals surface area contributed by atoms with Crippen LogP contribution in [0.4, 0.5) is 5.69 Å². The van der Waals surface area contributed by atoms with E-state index < -0.39 is 0 Å². The summed E-state index contributed by atoms with van der Waals surface area (Å²) in [6, 6.07) is 6.24. The molecule has 0 atom stereocenters. The highest BCUT2D eigenvalue weighted by Crippen LogP contribution is 2.27. The summed E-state index contributed by atoms with van der Waals surface area (Å²) in [5.41, 5.74) is 2.80. The lowest BCUT2D eigenvalue weighted by molar-refractivity contribution is 0.0929. The number of benzene rings is 1. The lowest BCUT2D eigenvalue weighted by atomic mass is 9.94. The molecule has 0 heterocycles. The van der Waals surface area contributed by atoms with Crippen LogP contribution >= 0.6 is 11.8 Å². The van der Waals surface area contributed by atoms with Crippen LogP contribution in [0.1, 0.15) is 41.6 Å². The molecule has 0 saturated heterocycles. The van der Waals surface area contributed by atoms with E-state index in [1.54, 1.807) is 0 Å². The number of anilines is 1. The van der Waals surface area contributed by atoms with Crippen LogP contribution < -0.4 is 10.6 Å². The van der Waals surface area contributed by atoms with E-state index in [9.17, 15) is 4.79 Å². The average molecular weight is 292 g/mol. The number of thioether (sulfide) groups is 1. The third-order valence-corrected chi connectivity index (χ3v) is 5.17. The molecule has 1 fully saturated rings. The Hall–Kier alpha value is -1.16. The molecule has 1 aliphatic carbocycles. The largest absolute Gasteiger partial charge is 0.387 e. The Morgan fingerprint density at radius 3 is 2.55 bits per heavy atom. The van der Waals surface area contributed by atoms with Crippen molar-refractivity contribution in [3.05, 3.63) is 29.3 Å². The number of hydrogen-bond acceptors (Lipinski definition) is 3. The predicted octanol–water partition coefficient (Wildman–Crippen LogP) is 3.44. The van der Waals surface area contributed by atoms with Gasteiger partial charge in [0, 0.05) is 24.0 Å². The van der Waals surface area contributed by atoms with Crippen molar-refractivity contribution >= 4 is 23.4 Å². The number of carbonyl (C=O) groups excluding carboxylic acids is 1. The van der Waals surface area contributed by atoms with E-state index in [4.69, 9.17) is 0 Å². The van der Waals surface area contributed by atoms with Crippen LogP contribution in [0.5, 0.6) is 0 Å². The maximum atomic E-state index is 12.4. The van der Waals surface area contributed by atoms with Gasteiger partial charge in [0.05, 0.1) is 5.56 Å². The molecule has 1 aromatic rings. The third-order valence-electron chi connectivity index (χ3n) is 4.03. The van der Waals surface area contributed by atoms with Crippen LogP contribution in [0.25, 0.3) is 0 Å². The van der Waals surface area contributed by atoms with Gasteiger partial charge in [-0.2, -0.15) is 11.8 Å². The van der Waals surface area contributed by atoms with Gasteiger partial charge in [-0.15, -0.1) is 0 Å². The van der Waals surface area contributed by atoms with Crippen LogP contribution in [-0.2, 0) is 0 Å². The molecule has 2 N–H and O–H groups in total. The Balaban J connectivity index is 1.98. The maximum absolute atomic E-state index is 12.4. The van der Waals surface area contributed by atoms with Gasteiger partial charge in [-0.3, -0.25) is 4.79 Å². The molecule has 0 radical (unpaired) electrons. The van der Waals surface area contributed by atoms with Gasteiger partial charge in [-0.1, -0.05) is 6.07 Å². The second-order valence-electron chi connectivity index (χ2n) is 5.48. The standard InChI is InChI=1S/C16H24N2OS/c1-11-4-9-14(15(10-11)17-2)16(19)18-12-5-7-13(20-3)8-6-12/h4,9-10,12-13,17H,5-8H2,1-3H3,(H,18,19). The first-order valence-corrected chi connectivity index (χ1v) is 8.55. The topological polar surface area (TPSA) is 41.1 Å². The van der Waals surface area contributed by atoms with Crippen molar-refractivity contribution in [2.75, 3.05) is 18.6 Å². The lowest BCUT2D eigenvalue weighted by Gasteiger charge is -2.28. The monoisotopic (exact) mass is 292 g/mol. The minimum absolute atomic E-state index is 0.0435. The smallest absolute Gasteiger partial charge is 0.253 e. The summed E-state index contributed by atoms with van der Waals surface area (Å²) in [4.78, 5) is 12.4. The van der Waals surface area contributed by atoms with Gasteiger partial charge < -0.3 is 10.6 Å². The van der Waals surface area contributed by atoms with Gasteiger partial charge in [0.15, 0.2) is 0 Å². The minimum atomic E-state index is 0.0435. The first-order chi connectivity index (χ1) is 9.63. The Labute approximate surface area is 125 Å². The molecule has 1 amide bonds. The maximum Gasteiger partial charge on any atom is 0.253 e. The van der Waals surface area contributed by atoms with Crippen LogP contribution in [-0.4, -0.2) is 30.5 Å². The highest BCUT2D eigenvalue weighted by Gasteiger charge is 2.22. The van der Waals surface area contributed by atoms with Gasteiger partial charge in [0.2, 0.25) is 0 Å². The van der Waals surface area contributed by atoms with E-state index in [1.807, 2.05) is 43.9 Å². The molecule has 0 spiro atoms. The summed E-state index contributed by atoms with van der Waals surface area (Å²) >= 11 is 1.95. The molecule has 0 unspecified atom stereocenters. The molecule has 2 rings (SSSR count). The summed E-state index contributed by atoms with van der Waals surface area (Å²) in [6.07, 6.45) is 6.78. The molecular weight excluding hydrogens is 268 g/mol. The molecular formula is C16H24N2OS. The highest BCUT2D eigenvalue weighted by molar-refractivity contribution is 7.99. The van der Waals surface area contributed by atoms with Crippen molar-refractivity contribution in [3.8, 4) is 0 Å². The van der Waals surface area contributed by atoms with Gasteiger partial charge in [-0.25, -0.2) is 0 Å². The molecule has 0 aliphatic heterocycles. The van der Waals surface area contributed by atoms with Crippen molar-refractivity contribution in [2.45, 2.75) is 43.9 Å². The van der Waals surface area contributed by atoms with Crippen molar-refractivity contribution in [2.24, 2.45) is 0 Å². The van der Waals surface area contributed by atoms with Gasteiger partial charge in [0.1, 0.15) is 0 Å². The zero-order valence-corrected chi connectivity index (χ0v) is 13.3. The number of rotatable bonds is 4. The van der Waals surface area contributed by atoms with Crippen LogP contribution in [0.2, 0.25) is 0 Å². The molecule has 0 aromatic heterocycles. The van der Waals surface area contributed by atoms with Crippen LogP contribution in [0, 0.1) is 6.92 Å². The lowest BCUT2D eigenvalue weighted by Crippen LogP contribution is -2.38. The van der Waals surface area contributed by atoms with E-state index in [0.29, 0.717) is 6.04 Å². The fourth-order valence-corrected chi connectivity index (χ4v) is 3.51. The molecule has 4 heteroatoms. The number of amides is 1. The molecule has 1 aromatic carbocycles. The third kappa shape index (κ3) is 3.69. The molecule has 1 aliphatic rings. The van der Waals surface area contributed by atoms with Crippen molar-refractivity contribution in [1.82, 2.24) is 5.32 Å². The van der Waals surface area contributed by atoms with Gasteiger partial charge in [0.25, 0.3) is 5.91 Å². The van der Waals surface area contributed by atoms with E-state index >= 15 is 0 Å². The number of hydrogen-bond donors (Lipinski definition) is 2. The van der Waals surface area contributed by atoms with E-state index in [0.717, 1.165) is 34.9 Å². The fourth-order valence-electron chi connectivity index (χ4n) is 2.77. The highest BCUT2D eigenvalue weighted by atomic mass is 32.2. The molecule has 3 nitrogen and oxygen atoms in total. The summed E-state index contributed by atoms with van der Waals surface area (Å²) in [6.45, 7) is 2.03. The molecule has 0 bridgehead atoms. The fraction of sp³-hybridized carbons (Fsp3) is 0.562. The molecule has 1 saturated carbocycles. The first kappa shape index (κ1) is 15.2. The SMILES string of the molecule is CNc1cc(C)ccc1C(=O)NC1CCC(SC)CC1. The molecule has 110 valence electrons. The summed E-state index contributed by atoms with van der Waals surface area (Å²) in [7, 11) is 1.86. The summed E-state index contributed by atoms with van der Waals surface area (Å²) in [5.74, 6) is 0.0435. The van der Waals surface area contributed by atoms with E-state index in [2.05, 4.69) is 16.9 Å². The van der Waals surface area contributed by atoms with Crippen LogP contribution in [0.15, 0.2) is 18.2 Å². The average Bonchev–Trinajstić information content (AvgIpc) is 2.47. The van der Waals surface area contributed by atoms with Gasteiger partial charge in [-0.05, 0) is 56.6 Å².